The monoisotopic (exact) mass is 308 g/mol. The zero-order valence-electron chi connectivity index (χ0n) is 11.5. The highest BCUT2D eigenvalue weighted by molar-refractivity contribution is 7.84. The summed E-state index contributed by atoms with van der Waals surface area (Å²) in [6.07, 6.45) is 0. The zero-order valence-corrected chi connectivity index (χ0v) is 12.4. The SMILES string of the molecule is CCS(=O)CCn1c(O)c(-c2ccccc2)c(=O)[nH]c1=O. The van der Waals surface area contributed by atoms with Gasteiger partial charge < -0.3 is 5.11 Å². The summed E-state index contributed by atoms with van der Waals surface area (Å²) >= 11 is 0. The van der Waals surface area contributed by atoms with E-state index in [4.69, 9.17) is 0 Å². The molecule has 0 bridgehead atoms. The maximum Gasteiger partial charge on any atom is 0.331 e. The van der Waals surface area contributed by atoms with Crippen molar-refractivity contribution in [2.45, 2.75) is 13.5 Å². The first kappa shape index (κ1) is 15.2. The Balaban J connectivity index is 2.51. The Labute approximate surface area is 123 Å². The minimum absolute atomic E-state index is 0.0393. The summed E-state index contributed by atoms with van der Waals surface area (Å²) in [5, 5.41) is 10.2. The van der Waals surface area contributed by atoms with Gasteiger partial charge in [0.2, 0.25) is 5.88 Å². The molecule has 1 unspecified atom stereocenters. The molecule has 6 nitrogen and oxygen atoms in total. The molecule has 0 amide bonds. The Morgan fingerprint density at radius 1 is 1.24 bits per heavy atom. The van der Waals surface area contributed by atoms with Crippen molar-refractivity contribution in [3.8, 4) is 17.0 Å². The van der Waals surface area contributed by atoms with Crippen LogP contribution in [0.3, 0.4) is 0 Å². The van der Waals surface area contributed by atoms with Crippen LogP contribution in [0.4, 0.5) is 0 Å². The molecule has 2 rings (SSSR count). The number of aromatic nitrogens is 2. The topological polar surface area (TPSA) is 92.2 Å². The van der Waals surface area contributed by atoms with Crippen LogP contribution in [-0.4, -0.2) is 30.4 Å². The van der Waals surface area contributed by atoms with E-state index in [1.54, 1.807) is 37.3 Å². The minimum atomic E-state index is -1.06. The van der Waals surface area contributed by atoms with Crippen molar-refractivity contribution >= 4 is 10.8 Å². The van der Waals surface area contributed by atoms with Gasteiger partial charge in [0.1, 0.15) is 5.56 Å². The van der Waals surface area contributed by atoms with E-state index in [2.05, 4.69) is 4.98 Å². The highest BCUT2D eigenvalue weighted by Gasteiger charge is 2.15. The number of nitrogens with zero attached hydrogens (tertiary/aromatic N) is 1. The van der Waals surface area contributed by atoms with E-state index in [1.807, 2.05) is 0 Å². The maximum absolute atomic E-state index is 11.9. The molecule has 0 fully saturated rings. The Morgan fingerprint density at radius 3 is 2.52 bits per heavy atom. The molecule has 1 heterocycles. The predicted octanol–water partition coefficient (Wildman–Crippen LogP) is 0.678. The summed E-state index contributed by atoms with van der Waals surface area (Å²) in [5.41, 5.74) is -0.791. The molecule has 0 saturated heterocycles. The van der Waals surface area contributed by atoms with Crippen LogP contribution in [0.5, 0.6) is 5.88 Å². The van der Waals surface area contributed by atoms with Crippen molar-refractivity contribution in [2.24, 2.45) is 0 Å². The number of rotatable bonds is 5. The van der Waals surface area contributed by atoms with E-state index in [0.29, 0.717) is 11.3 Å². The summed E-state index contributed by atoms with van der Waals surface area (Å²) < 4.78 is 12.5. The number of H-pyrrole nitrogens is 1. The molecule has 21 heavy (non-hydrogen) atoms. The summed E-state index contributed by atoms with van der Waals surface area (Å²) in [7, 11) is -1.06. The van der Waals surface area contributed by atoms with Crippen LogP contribution in [0.1, 0.15) is 6.92 Å². The lowest BCUT2D eigenvalue weighted by Gasteiger charge is -2.11. The van der Waals surface area contributed by atoms with E-state index in [9.17, 15) is 18.9 Å². The lowest BCUT2D eigenvalue weighted by atomic mass is 10.1. The summed E-state index contributed by atoms with van der Waals surface area (Å²) in [5.74, 6) is 0.317. The molecule has 7 heteroatoms. The lowest BCUT2D eigenvalue weighted by Crippen LogP contribution is -2.32. The van der Waals surface area contributed by atoms with Crippen molar-refractivity contribution in [3.63, 3.8) is 0 Å². The fourth-order valence-corrected chi connectivity index (χ4v) is 2.64. The normalized spacial score (nSPS) is 12.2. The van der Waals surface area contributed by atoms with Gasteiger partial charge in [-0.1, -0.05) is 37.3 Å². The van der Waals surface area contributed by atoms with Crippen LogP contribution in [0.2, 0.25) is 0 Å². The second-order valence-corrected chi connectivity index (χ2v) is 6.27. The molecule has 0 aliphatic heterocycles. The molecular weight excluding hydrogens is 292 g/mol. The van der Waals surface area contributed by atoms with Crippen LogP contribution in [0, 0.1) is 0 Å². The number of nitrogens with one attached hydrogen (secondary N) is 1. The van der Waals surface area contributed by atoms with Crippen LogP contribution in [0.25, 0.3) is 11.1 Å². The van der Waals surface area contributed by atoms with Gasteiger partial charge >= 0.3 is 5.69 Å². The Hall–Kier alpha value is -2.15. The quantitative estimate of drug-likeness (QED) is 0.849. The second-order valence-electron chi connectivity index (χ2n) is 4.41. The Kier molecular flexibility index (Phi) is 4.74. The maximum atomic E-state index is 11.9. The first-order chi connectivity index (χ1) is 10.0. The second kappa shape index (κ2) is 6.53. The van der Waals surface area contributed by atoms with Gasteiger partial charge in [0.05, 0.1) is 0 Å². The Morgan fingerprint density at radius 2 is 1.90 bits per heavy atom. The first-order valence-electron chi connectivity index (χ1n) is 6.51. The van der Waals surface area contributed by atoms with Crippen LogP contribution in [0.15, 0.2) is 39.9 Å². The summed E-state index contributed by atoms with van der Waals surface area (Å²) in [6, 6.07) is 8.59. The molecule has 2 N–H and O–H groups in total. The molecule has 1 aromatic heterocycles. The van der Waals surface area contributed by atoms with Gasteiger partial charge in [-0.15, -0.1) is 0 Å². The molecule has 2 aromatic rings. The van der Waals surface area contributed by atoms with E-state index in [0.717, 1.165) is 4.57 Å². The van der Waals surface area contributed by atoms with Gasteiger partial charge in [0, 0.05) is 28.9 Å². The largest absolute Gasteiger partial charge is 0.494 e. The molecule has 0 aliphatic carbocycles. The van der Waals surface area contributed by atoms with Crippen molar-refractivity contribution < 1.29 is 9.32 Å². The third kappa shape index (κ3) is 3.30. The van der Waals surface area contributed by atoms with Crippen molar-refractivity contribution in [3.05, 3.63) is 51.2 Å². The molecule has 0 aliphatic rings. The van der Waals surface area contributed by atoms with Gasteiger partial charge in [-0.25, -0.2) is 4.79 Å². The standard InChI is InChI=1S/C14H16N2O4S/c1-2-21(20)9-8-16-13(18)11(12(17)15-14(16)19)10-6-4-3-5-7-10/h3-7,18H,2,8-9H2,1H3,(H,15,17,19). The molecule has 0 radical (unpaired) electrons. The molecule has 0 spiro atoms. The van der Waals surface area contributed by atoms with Crippen molar-refractivity contribution in [1.82, 2.24) is 9.55 Å². The number of aromatic amines is 1. The van der Waals surface area contributed by atoms with Crippen molar-refractivity contribution in [2.75, 3.05) is 11.5 Å². The van der Waals surface area contributed by atoms with Crippen LogP contribution >= 0.6 is 0 Å². The van der Waals surface area contributed by atoms with Gasteiger partial charge in [-0.2, -0.15) is 0 Å². The predicted molar refractivity (Wildman–Crippen MR) is 82.0 cm³/mol. The van der Waals surface area contributed by atoms with E-state index >= 15 is 0 Å². The summed E-state index contributed by atoms with van der Waals surface area (Å²) in [6.45, 7) is 1.86. The molecular formula is C14H16N2O4S. The number of hydrogen-bond acceptors (Lipinski definition) is 4. The average Bonchev–Trinajstić information content (AvgIpc) is 2.47. The van der Waals surface area contributed by atoms with Gasteiger partial charge in [-0.3, -0.25) is 18.6 Å². The Bertz CT molecular complexity index is 765. The summed E-state index contributed by atoms with van der Waals surface area (Å²) in [4.78, 5) is 25.9. The van der Waals surface area contributed by atoms with Crippen molar-refractivity contribution in [1.29, 1.82) is 0 Å². The van der Waals surface area contributed by atoms with Crippen LogP contribution in [-0.2, 0) is 17.3 Å². The highest BCUT2D eigenvalue weighted by atomic mass is 32.2. The third-order valence-corrected chi connectivity index (χ3v) is 4.38. The van der Waals surface area contributed by atoms with E-state index in [1.165, 1.54) is 0 Å². The third-order valence-electron chi connectivity index (χ3n) is 3.10. The lowest BCUT2D eigenvalue weighted by molar-refractivity contribution is 0.409. The fourth-order valence-electron chi connectivity index (χ4n) is 1.97. The molecule has 1 atom stereocenters. The van der Waals surface area contributed by atoms with E-state index < -0.39 is 27.9 Å². The van der Waals surface area contributed by atoms with Crippen LogP contribution < -0.4 is 11.2 Å². The van der Waals surface area contributed by atoms with Gasteiger partial charge in [-0.05, 0) is 5.56 Å². The van der Waals surface area contributed by atoms with Gasteiger partial charge in [0.25, 0.3) is 5.56 Å². The molecule has 1 aromatic carbocycles. The smallest absolute Gasteiger partial charge is 0.331 e. The minimum Gasteiger partial charge on any atom is -0.494 e. The fraction of sp³-hybridized carbons (Fsp3) is 0.286. The number of hydrogen-bond donors (Lipinski definition) is 2. The van der Waals surface area contributed by atoms with Gasteiger partial charge in [0.15, 0.2) is 0 Å². The molecule has 0 saturated carbocycles. The number of aromatic hydroxyl groups is 1. The molecule has 112 valence electrons. The highest BCUT2D eigenvalue weighted by Crippen LogP contribution is 2.23. The first-order valence-corrected chi connectivity index (χ1v) is 8.00. The zero-order chi connectivity index (χ0) is 15.4. The van der Waals surface area contributed by atoms with E-state index in [-0.39, 0.29) is 17.9 Å². The average molecular weight is 308 g/mol. The number of benzene rings is 1.